The monoisotopic (exact) mass is 252 g/mol. The van der Waals surface area contributed by atoms with Crippen LogP contribution in [0.2, 0.25) is 0 Å². The van der Waals surface area contributed by atoms with E-state index in [1.807, 2.05) is 11.8 Å². The van der Waals surface area contributed by atoms with Gasteiger partial charge in [-0.2, -0.15) is 0 Å². The third-order valence-electron chi connectivity index (χ3n) is 4.51. The van der Waals surface area contributed by atoms with Crippen molar-refractivity contribution in [3.8, 4) is 0 Å². The maximum atomic E-state index is 12.1. The lowest BCUT2D eigenvalue weighted by atomic mass is 9.83. The molecule has 0 bridgehead atoms. The number of carbonyl (C=O) groups is 2. The second kappa shape index (κ2) is 5.72. The molecular weight excluding hydrogens is 228 g/mol. The van der Waals surface area contributed by atoms with Crippen LogP contribution in [0.4, 0.5) is 0 Å². The van der Waals surface area contributed by atoms with Crippen molar-refractivity contribution in [1.29, 1.82) is 0 Å². The first-order chi connectivity index (χ1) is 8.67. The predicted octanol–water partition coefficient (Wildman–Crippen LogP) is 1.69. The SMILES string of the molecule is CCC1CCC(N2C(=O)CNC(=O)C2CC)CC1. The zero-order chi connectivity index (χ0) is 13.1. The van der Waals surface area contributed by atoms with Crippen molar-refractivity contribution in [3.63, 3.8) is 0 Å². The molecule has 1 aliphatic heterocycles. The van der Waals surface area contributed by atoms with E-state index in [9.17, 15) is 9.59 Å². The van der Waals surface area contributed by atoms with Crippen LogP contribution >= 0.6 is 0 Å². The largest absolute Gasteiger partial charge is 0.345 e. The van der Waals surface area contributed by atoms with Crippen LogP contribution in [-0.4, -0.2) is 35.3 Å². The molecule has 1 aliphatic carbocycles. The average molecular weight is 252 g/mol. The molecule has 4 nitrogen and oxygen atoms in total. The summed E-state index contributed by atoms with van der Waals surface area (Å²) in [6.45, 7) is 4.40. The molecule has 0 spiro atoms. The minimum atomic E-state index is -0.241. The summed E-state index contributed by atoms with van der Waals surface area (Å²) in [5, 5.41) is 2.69. The second-order valence-corrected chi connectivity index (χ2v) is 5.53. The van der Waals surface area contributed by atoms with E-state index in [0.717, 1.165) is 18.8 Å². The van der Waals surface area contributed by atoms with Gasteiger partial charge in [0, 0.05) is 6.04 Å². The third kappa shape index (κ3) is 2.52. The first kappa shape index (κ1) is 13.4. The van der Waals surface area contributed by atoms with Gasteiger partial charge in [0.1, 0.15) is 6.04 Å². The molecule has 1 N–H and O–H groups in total. The lowest BCUT2D eigenvalue weighted by Gasteiger charge is -2.43. The zero-order valence-electron chi connectivity index (χ0n) is 11.4. The van der Waals surface area contributed by atoms with E-state index in [2.05, 4.69) is 12.2 Å². The average Bonchev–Trinajstić information content (AvgIpc) is 2.41. The molecule has 0 radical (unpaired) electrons. The van der Waals surface area contributed by atoms with Crippen LogP contribution in [0.25, 0.3) is 0 Å². The second-order valence-electron chi connectivity index (χ2n) is 5.53. The molecule has 0 aromatic rings. The Morgan fingerprint density at radius 2 is 1.78 bits per heavy atom. The van der Waals surface area contributed by atoms with E-state index in [4.69, 9.17) is 0 Å². The van der Waals surface area contributed by atoms with Crippen molar-refractivity contribution in [3.05, 3.63) is 0 Å². The van der Waals surface area contributed by atoms with Gasteiger partial charge in [-0.25, -0.2) is 0 Å². The van der Waals surface area contributed by atoms with Crippen molar-refractivity contribution in [2.45, 2.75) is 64.5 Å². The lowest BCUT2D eigenvalue weighted by Crippen LogP contribution is -2.61. The van der Waals surface area contributed by atoms with Crippen LogP contribution in [0.5, 0.6) is 0 Å². The molecule has 1 atom stereocenters. The first-order valence-electron chi connectivity index (χ1n) is 7.26. The zero-order valence-corrected chi connectivity index (χ0v) is 11.4. The molecule has 2 rings (SSSR count). The topological polar surface area (TPSA) is 49.4 Å². The highest BCUT2D eigenvalue weighted by Crippen LogP contribution is 2.31. The first-order valence-corrected chi connectivity index (χ1v) is 7.26. The number of nitrogens with one attached hydrogen (secondary N) is 1. The summed E-state index contributed by atoms with van der Waals surface area (Å²) in [7, 11) is 0. The molecule has 4 heteroatoms. The number of nitrogens with zero attached hydrogens (tertiary/aromatic N) is 1. The molecule has 1 saturated carbocycles. The Morgan fingerprint density at radius 3 is 2.33 bits per heavy atom. The van der Waals surface area contributed by atoms with Crippen LogP contribution in [-0.2, 0) is 9.59 Å². The number of hydrogen-bond donors (Lipinski definition) is 1. The van der Waals surface area contributed by atoms with Gasteiger partial charge in [0.15, 0.2) is 0 Å². The number of hydrogen-bond acceptors (Lipinski definition) is 2. The van der Waals surface area contributed by atoms with Crippen molar-refractivity contribution in [1.82, 2.24) is 10.2 Å². The summed E-state index contributed by atoms with van der Waals surface area (Å²) < 4.78 is 0. The van der Waals surface area contributed by atoms with E-state index in [0.29, 0.717) is 6.42 Å². The molecule has 2 amide bonds. The molecule has 2 fully saturated rings. The van der Waals surface area contributed by atoms with Gasteiger partial charge in [-0.1, -0.05) is 20.3 Å². The quantitative estimate of drug-likeness (QED) is 0.831. The summed E-state index contributed by atoms with van der Waals surface area (Å²) in [5.41, 5.74) is 0. The Kier molecular flexibility index (Phi) is 4.25. The summed E-state index contributed by atoms with van der Waals surface area (Å²) in [5.74, 6) is 0.936. The normalized spacial score (nSPS) is 33.4. The molecule has 1 unspecified atom stereocenters. The van der Waals surface area contributed by atoms with E-state index in [1.165, 1.54) is 19.3 Å². The van der Waals surface area contributed by atoms with Gasteiger partial charge in [0.05, 0.1) is 6.54 Å². The van der Waals surface area contributed by atoms with Crippen LogP contribution in [0.3, 0.4) is 0 Å². The van der Waals surface area contributed by atoms with Crippen molar-refractivity contribution < 1.29 is 9.59 Å². The Hall–Kier alpha value is -1.06. The smallest absolute Gasteiger partial charge is 0.243 e. The van der Waals surface area contributed by atoms with Crippen LogP contribution in [0, 0.1) is 5.92 Å². The highest BCUT2D eigenvalue weighted by molar-refractivity contribution is 5.94. The molecular formula is C14H24N2O2. The van der Waals surface area contributed by atoms with Crippen molar-refractivity contribution in [2.24, 2.45) is 5.92 Å². The van der Waals surface area contributed by atoms with Gasteiger partial charge in [0.2, 0.25) is 11.8 Å². The van der Waals surface area contributed by atoms with E-state index >= 15 is 0 Å². The Labute approximate surface area is 109 Å². The van der Waals surface area contributed by atoms with Crippen LogP contribution < -0.4 is 5.32 Å². The highest BCUT2D eigenvalue weighted by atomic mass is 16.2. The van der Waals surface area contributed by atoms with E-state index in [-0.39, 0.29) is 30.4 Å². The summed E-state index contributed by atoms with van der Waals surface area (Å²) >= 11 is 0. The molecule has 2 aliphatic rings. The van der Waals surface area contributed by atoms with Crippen LogP contribution in [0.1, 0.15) is 52.4 Å². The van der Waals surface area contributed by atoms with Gasteiger partial charge in [-0.3, -0.25) is 9.59 Å². The van der Waals surface area contributed by atoms with E-state index < -0.39 is 0 Å². The highest BCUT2D eigenvalue weighted by Gasteiger charge is 2.38. The molecule has 18 heavy (non-hydrogen) atoms. The lowest BCUT2D eigenvalue weighted by molar-refractivity contribution is -0.149. The number of rotatable bonds is 3. The van der Waals surface area contributed by atoms with Gasteiger partial charge >= 0.3 is 0 Å². The fraction of sp³-hybridized carbons (Fsp3) is 0.857. The molecule has 0 aromatic heterocycles. The fourth-order valence-electron chi connectivity index (χ4n) is 3.34. The predicted molar refractivity (Wildman–Crippen MR) is 70.0 cm³/mol. The van der Waals surface area contributed by atoms with E-state index in [1.54, 1.807) is 0 Å². The minimum Gasteiger partial charge on any atom is -0.345 e. The van der Waals surface area contributed by atoms with Gasteiger partial charge in [0.25, 0.3) is 0 Å². The molecule has 1 saturated heterocycles. The Bertz CT molecular complexity index is 322. The third-order valence-corrected chi connectivity index (χ3v) is 4.51. The standard InChI is InChI=1S/C14H24N2O2/c1-3-10-5-7-11(8-6-10)16-12(4-2)14(18)15-9-13(16)17/h10-12H,3-9H2,1-2H3,(H,15,18). The van der Waals surface area contributed by atoms with Crippen LogP contribution in [0.15, 0.2) is 0 Å². The fourth-order valence-corrected chi connectivity index (χ4v) is 3.34. The summed E-state index contributed by atoms with van der Waals surface area (Å²) in [4.78, 5) is 25.8. The molecule has 102 valence electrons. The van der Waals surface area contributed by atoms with Crippen molar-refractivity contribution >= 4 is 11.8 Å². The molecule has 0 aromatic carbocycles. The summed E-state index contributed by atoms with van der Waals surface area (Å²) in [6, 6.07) is 0.0470. The van der Waals surface area contributed by atoms with Gasteiger partial charge in [-0.15, -0.1) is 0 Å². The summed E-state index contributed by atoms with van der Waals surface area (Å²) in [6.07, 6.45) is 6.47. The van der Waals surface area contributed by atoms with Gasteiger partial charge in [-0.05, 0) is 38.0 Å². The Morgan fingerprint density at radius 1 is 1.11 bits per heavy atom. The maximum Gasteiger partial charge on any atom is 0.243 e. The minimum absolute atomic E-state index is 0.0229. The number of carbonyl (C=O) groups excluding carboxylic acids is 2. The Balaban J connectivity index is 2.05. The molecule has 1 heterocycles. The van der Waals surface area contributed by atoms with Gasteiger partial charge < -0.3 is 10.2 Å². The maximum absolute atomic E-state index is 12.1. The number of amides is 2. The number of piperazine rings is 1. The van der Waals surface area contributed by atoms with Crippen molar-refractivity contribution in [2.75, 3.05) is 6.54 Å².